The van der Waals surface area contributed by atoms with Crippen LogP contribution in [0.1, 0.15) is 31.9 Å². The lowest BCUT2D eigenvalue weighted by atomic mass is 9.95. The highest BCUT2D eigenvalue weighted by atomic mass is 79.9. The van der Waals surface area contributed by atoms with Crippen LogP contribution in [0, 0.1) is 5.82 Å². The monoisotopic (exact) mass is 367 g/mol. The Kier molecular flexibility index (Phi) is 4.00. The SMILES string of the molecule is O=C1NCCc2ccc(C(Br)c3cccc(F)c3Cl)cc21. The van der Waals surface area contributed by atoms with Crippen molar-refractivity contribution in [1.82, 2.24) is 5.32 Å². The van der Waals surface area contributed by atoms with Crippen molar-refractivity contribution in [3.05, 3.63) is 69.5 Å². The zero-order valence-corrected chi connectivity index (χ0v) is 13.3. The summed E-state index contributed by atoms with van der Waals surface area (Å²) >= 11 is 9.57. The molecule has 1 unspecified atom stereocenters. The van der Waals surface area contributed by atoms with Gasteiger partial charge in [0.15, 0.2) is 0 Å². The summed E-state index contributed by atoms with van der Waals surface area (Å²) < 4.78 is 13.6. The normalized spacial score (nSPS) is 15.3. The Labute approximate surface area is 135 Å². The largest absolute Gasteiger partial charge is 0.352 e. The van der Waals surface area contributed by atoms with Gasteiger partial charge in [0.2, 0.25) is 0 Å². The molecule has 0 radical (unpaired) electrons. The van der Waals surface area contributed by atoms with Gasteiger partial charge in [0.1, 0.15) is 5.82 Å². The third kappa shape index (κ3) is 2.70. The van der Waals surface area contributed by atoms with Gasteiger partial charge < -0.3 is 5.32 Å². The van der Waals surface area contributed by atoms with Crippen LogP contribution in [0.25, 0.3) is 0 Å². The van der Waals surface area contributed by atoms with Crippen LogP contribution >= 0.6 is 27.5 Å². The Morgan fingerprint density at radius 2 is 2.10 bits per heavy atom. The minimum atomic E-state index is -0.450. The molecule has 1 amide bonds. The maximum Gasteiger partial charge on any atom is 0.251 e. The third-order valence-electron chi connectivity index (χ3n) is 3.61. The summed E-state index contributed by atoms with van der Waals surface area (Å²) in [6, 6.07) is 10.4. The number of nitrogens with one attached hydrogen (secondary N) is 1. The van der Waals surface area contributed by atoms with Gasteiger partial charge >= 0.3 is 0 Å². The van der Waals surface area contributed by atoms with E-state index in [1.54, 1.807) is 12.1 Å². The molecule has 108 valence electrons. The van der Waals surface area contributed by atoms with Gasteiger partial charge in [0, 0.05) is 12.1 Å². The quantitative estimate of drug-likeness (QED) is 0.789. The second-order valence-corrected chi connectivity index (χ2v) is 6.22. The summed E-state index contributed by atoms with van der Waals surface area (Å²) in [4.78, 5) is 11.6. The number of rotatable bonds is 2. The number of benzene rings is 2. The molecule has 1 heterocycles. The summed E-state index contributed by atoms with van der Waals surface area (Å²) in [7, 11) is 0. The number of halogens is 3. The van der Waals surface area contributed by atoms with Crippen molar-refractivity contribution in [2.45, 2.75) is 11.2 Å². The zero-order chi connectivity index (χ0) is 15.0. The summed E-state index contributed by atoms with van der Waals surface area (Å²) in [6.45, 7) is 0.665. The second-order valence-electron chi connectivity index (χ2n) is 4.93. The fraction of sp³-hybridized carbons (Fsp3) is 0.188. The molecule has 1 aliphatic rings. The molecule has 5 heteroatoms. The van der Waals surface area contributed by atoms with E-state index >= 15 is 0 Å². The predicted molar refractivity (Wildman–Crippen MR) is 84.7 cm³/mol. The van der Waals surface area contributed by atoms with E-state index in [4.69, 9.17) is 11.6 Å². The highest BCUT2D eigenvalue weighted by molar-refractivity contribution is 9.09. The van der Waals surface area contributed by atoms with Crippen molar-refractivity contribution < 1.29 is 9.18 Å². The van der Waals surface area contributed by atoms with Crippen LogP contribution in [0.3, 0.4) is 0 Å². The van der Waals surface area contributed by atoms with Crippen LogP contribution in [0.15, 0.2) is 36.4 Å². The second kappa shape index (κ2) is 5.78. The lowest BCUT2D eigenvalue weighted by Gasteiger charge is -2.19. The minimum Gasteiger partial charge on any atom is -0.352 e. The molecule has 21 heavy (non-hydrogen) atoms. The topological polar surface area (TPSA) is 29.1 Å². The molecule has 2 nitrogen and oxygen atoms in total. The molecule has 0 aliphatic carbocycles. The van der Waals surface area contributed by atoms with Crippen molar-refractivity contribution in [2.75, 3.05) is 6.54 Å². The lowest BCUT2D eigenvalue weighted by molar-refractivity contribution is 0.0946. The van der Waals surface area contributed by atoms with Gasteiger partial charge in [0.25, 0.3) is 5.91 Å². The van der Waals surface area contributed by atoms with E-state index in [-0.39, 0.29) is 15.8 Å². The Balaban J connectivity index is 2.02. The van der Waals surface area contributed by atoms with Gasteiger partial charge in [-0.25, -0.2) is 4.39 Å². The van der Waals surface area contributed by atoms with Crippen LogP contribution in [0.4, 0.5) is 4.39 Å². The molecule has 0 saturated carbocycles. The summed E-state index contributed by atoms with van der Waals surface area (Å²) in [5.41, 5.74) is 3.23. The highest BCUT2D eigenvalue weighted by Gasteiger charge is 2.21. The van der Waals surface area contributed by atoms with Gasteiger partial charge in [-0.05, 0) is 35.2 Å². The number of fused-ring (bicyclic) bond motifs is 1. The maximum atomic E-state index is 13.6. The Morgan fingerprint density at radius 3 is 2.90 bits per heavy atom. The first-order valence-electron chi connectivity index (χ1n) is 6.57. The van der Waals surface area contributed by atoms with E-state index in [9.17, 15) is 9.18 Å². The summed E-state index contributed by atoms with van der Waals surface area (Å²) in [5.74, 6) is -0.516. The maximum absolute atomic E-state index is 13.6. The Morgan fingerprint density at radius 1 is 1.29 bits per heavy atom. The van der Waals surface area contributed by atoms with Gasteiger partial charge in [-0.3, -0.25) is 4.79 Å². The lowest BCUT2D eigenvalue weighted by Crippen LogP contribution is -2.31. The highest BCUT2D eigenvalue weighted by Crippen LogP contribution is 2.37. The molecule has 0 spiro atoms. The molecule has 3 rings (SSSR count). The molecule has 1 atom stereocenters. The van der Waals surface area contributed by atoms with Crippen molar-refractivity contribution in [3.63, 3.8) is 0 Å². The first-order chi connectivity index (χ1) is 10.1. The van der Waals surface area contributed by atoms with Crippen LogP contribution in [0.5, 0.6) is 0 Å². The smallest absolute Gasteiger partial charge is 0.251 e. The average Bonchev–Trinajstić information content (AvgIpc) is 2.49. The Bertz CT molecular complexity index is 719. The number of hydrogen-bond acceptors (Lipinski definition) is 1. The van der Waals surface area contributed by atoms with Crippen molar-refractivity contribution in [1.29, 1.82) is 0 Å². The van der Waals surface area contributed by atoms with Crippen LogP contribution < -0.4 is 5.32 Å². The molecule has 0 saturated heterocycles. The van der Waals surface area contributed by atoms with E-state index in [1.807, 2.05) is 18.2 Å². The van der Waals surface area contributed by atoms with Gasteiger partial charge in [-0.2, -0.15) is 0 Å². The fourth-order valence-corrected chi connectivity index (χ4v) is 3.52. The molecular formula is C16H12BrClFNO. The minimum absolute atomic E-state index is 0.0665. The van der Waals surface area contributed by atoms with Crippen LogP contribution in [0.2, 0.25) is 5.02 Å². The number of alkyl halides is 1. The average molecular weight is 369 g/mol. The number of amides is 1. The molecule has 1 aliphatic heterocycles. The van der Waals surface area contributed by atoms with Gasteiger partial charge in [-0.15, -0.1) is 0 Å². The third-order valence-corrected chi connectivity index (χ3v) is 5.03. The van der Waals surface area contributed by atoms with E-state index < -0.39 is 5.82 Å². The van der Waals surface area contributed by atoms with E-state index in [2.05, 4.69) is 21.2 Å². The number of carbonyl (C=O) groups excluding carboxylic acids is 1. The molecule has 2 aromatic carbocycles. The molecule has 0 fully saturated rings. The first kappa shape index (κ1) is 14.5. The van der Waals surface area contributed by atoms with Gasteiger partial charge in [0.05, 0.1) is 9.85 Å². The molecular weight excluding hydrogens is 357 g/mol. The molecule has 1 N–H and O–H groups in total. The van der Waals surface area contributed by atoms with Gasteiger partial charge in [-0.1, -0.05) is 51.8 Å². The fourth-order valence-electron chi connectivity index (χ4n) is 2.48. The van der Waals surface area contributed by atoms with Crippen molar-refractivity contribution in [2.24, 2.45) is 0 Å². The molecule has 0 aromatic heterocycles. The number of hydrogen-bond donors (Lipinski definition) is 1. The summed E-state index contributed by atoms with van der Waals surface area (Å²) in [6.07, 6.45) is 0.828. The van der Waals surface area contributed by atoms with E-state index in [0.29, 0.717) is 17.7 Å². The van der Waals surface area contributed by atoms with Crippen molar-refractivity contribution >= 4 is 33.4 Å². The van der Waals surface area contributed by atoms with Crippen LogP contribution in [-0.4, -0.2) is 12.5 Å². The summed E-state index contributed by atoms with van der Waals surface area (Å²) in [5, 5.41) is 2.92. The Hall–Kier alpha value is -1.39. The molecule has 0 bridgehead atoms. The number of carbonyl (C=O) groups is 1. The van der Waals surface area contributed by atoms with E-state index in [1.165, 1.54) is 6.07 Å². The van der Waals surface area contributed by atoms with Crippen molar-refractivity contribution in [3.8, 4) is 0 Å². The van der Waals surface area contributed by atoms with Crippen LogP contribution in [-0.2, 0) is 6.42 Å². The zero-order valence-electron chi connectivity index (χ0n) is 11.0. The first-order valence-corrected chi connectivity index (χ1v) is 7.86. The molecule has 2 aromatic rings. The standard InChI is InChI=1S/C16H12BrClFNO/c17-14(11-2-1-3-13(19)15(11)18)10-5-4-9-6-7-20-16(21)12(9)8-10/h1-5,8,14H,6-7H2,(H,20,21). The predicted octanol–water partition coefficient (Wildman–Crippen LogP) is 4.25. The van der Waals surface area contributed by atoms with E-state index in [0.717, 1.165) is 17.5 Å².